The van der Waals surface area contributed by atoms with E-state index in [2.05, 4.69) is 13.8 Å². The van der Waals surface area contributed by atoms with E-state index in [0.717, 1.165) is 5.56 Å². The summed E-state index contributed by atoms with van der Waals surface area (Å²) >= 11 is 0. The van der Waals surface area contributed by atoms with Crippen molar-refractivity contribution in [1.82, 2.24) is 0 Å². The minimum Gasteiger partial charge on any atom is -0.465 e. The zero-order chi connectivity index (χ0) is 13.2. The maximum Gasteiger partial charge on any atom is 0.338 e. The first-order valence-corrected chi connectivity index (χ1v) is 5.94. The van der Waals surface area contributed by atoms with Gasteiger partial charge >= 0.3 is 5.97 Å². The average molecular weight is 250 g/mol. The molecule has 0 aliphatic carbocycles. The standard InChI is InChI=1S/C14H18O4/c1-14(2)8-17-13(18-9-14)11-7-5-4-6-10(11)12(15)16-3/h4-7,13H,8-9H2,1-3H3. The van der Waals surface area contributed by atoms with E-state index in [1.54, 1.807) is 12.1 Å². The van der Waals surface area contributed by atoms with Gasteiger partial charge < -0.3 is 14.2 Å². The predicted molar refractivity (Wildman–Crippen MR) is 66.2 cm³/mol. The molecule has 0 radical (unpaired) electrons. The maximum atomic E-state index is 11.7. The van der Waals surface area contributed by atoms with Gasteiger partial charge in [0, 0.05) is 11.0 Å². The molecular weight excluding hydrogens is 232 g/mol. The molecule has 1 aliphatic rings. The number of methoxy groups -OCH3 is 1. The summed E-state index contributed by atoms with van der Waals surface area (Å²) in [5, 5.41) is 0. The normalized spacial score (nSPS) is 19.5. The van der Waals surface area contributed by atoms with Gasteiger partial charge in [0.25, 0.3) is 0 Å². The van der Waals surface area contributed by atoms with E-state index < -0.39 is 6.29 Å². The molecule has 0 saturated carbocycles. The zero-order valence-electron chi connectivity index (χ0n) is 10.9. The molecule has 0 N–H and O–H groups in total. The van der Waals surface area contributed by atoms with Gasteiger partial charge in [-0.2, -0.15) is 0 Å². The lowest BCUT2D eigenvalue weighted by Gasteiger charge is -2.35. The van der Waals surface area contributed by atoms with Gasteiger partial charge in [-0.3, -0.25) is 0 Å². The number of hydrogen-bond donors (Lipinski definition) is 0. The zero-order valence-corrected chi connectivity index (χ0v) is 10.9. The van der Waals surface area contributed by atoms with Crippen LogP contribution in [0.1, 0.15) is 36.1 Å². The number of rotatable bonds is 2. The fourth-order valence-electron chi connectivity index (χ4n) is 1.87. The highest BCUT2D eigenvalue weighted by Crippen LogP contribution is 2.32. The van der Waals surface area contributed by atoms with Crippen LogP contribution in [0, 0.1) is 5.41 Å². The van der Waals surface area contributed by atoms with Gasteiger partial charge in [-0.05, 0) is 6.07 Å². The number of benzene rings is 1. The van der Waals surface area contributed by atoms with Crippen molar-refractivity contribution in [2.45, 2.75) is 20.1 Å². The van der Waals surface area contributed by atoms with Crippen molar-refractivity contribution in [3.05, 3.63) is 35.4 Å². The summed E-state index contributed by atoms with van der Waals surface area (Å²) in [6.07, 6.45) is -0.492. The van der Waals surface area contributed by atoms with Crippen molar-refractivity contribution in [1.29, 1.82) is 0 Å². The highest BCUT2D eigenvalue weighted by Gasteiger charge is 2.31. The third kappa shape index (κ3) is 2.71. The smallest absolute Gasteiger partial charge is 0.338 e. The Bertz CT molecular complexity index is 429. The maximum absolute atomic E-state index is 11.7. The molecule has 0 spiro atoms. The molecule has 98 valence electrons. The van der Waals surface area contributed by atoms with Crippen LogP contribution < -0.4 is 0 Å². The first kappa shape index (κ1) is 13.1. The quantitative estimate of drug-likeness (QED) is 0.757. The van der Waals surface area contributed by atoms with Crippen LogP contribution in [-0.2, 0) is 14.2 Å². The number of esters is 1. The van der Waals surface area contributed by atoms with E-state index in [1.165, 1.54) is 7.11 Å². The van der Waals surface area contributed by atoms with Crippen LogP contribution in [0.2, 0.25) is 0 Å². The summed E-state index contributed by atoms with van der Waals surface area (Å²) in [7, 11) is 1.37. The molecule has 2 rings (SSSR count). The first-order chi connectivity index (χ1) is 8.53. The van der Waals surface area contributed by atoms with Crippen LogP contribution >= 0.6 is 0 Å². The lowest BCUT2D eigenvalue weighted by molar-refractivity contribution is -0.226. The Kier molecular flexibility index (Phi) is 3.68. The Hall–Kier alpha value is -1.39. The monoisotopic (exact) mass is 250 g/mol. The molecule has 4 nitrogen and oxygen atoms in total. The van der Waals surface area contributed by atoms with Crippen LogP contribution in [-0.4, -0.2) is 26.3 Å². The fourth-order valence-corrected chi connectivity index (χ4v) is 1.87. The van der Waals surface area contributed by atoms with Crippen molar-refractivity contribution in [3.63, 3.8) is 0 Å². The summed E-state index contributed by atoms with van der Waals surface area (Å²) in [5.74, 6) is -0.373. The molecule has 1 aromatic carbocycles. The van der Waals surface area contributed by atoms with Crippen LogP contribution in [0.4, 0.5) is 0 Å². The Morgan fingerprint density at radius 1 is 1.28 bits per heavy atom. The van der Waals surface area contributed by atoms with Crippen molar-refractivity contribution in [3.8, 4) is 0 Å². The molecular formula is C14H18O4. The van der Waals surface area contributed by atoms with E-state index in [4.69, 9.17) is 14.2 Å². The van der Waals surface area contributed by atoms with Gasteiger partial charge in [0.15, 0.2) is 6.29 Å². The second-order valence-electron chi connectivity index (χ2n) is 5.20. The predicted octanol–water partition coefficient (Wildman–Crippen LogP) is 2.54. The van der Waals surface area contributed by atoms with Crippen molar-refractivity contribution >= 4 is 5.97 Å². The lowest BCUT2D eigenvalue weighted by Crippen LogP contribution is -2.34. The SMILES string of the molecule is COC(=O)c1ccccc1C1OCC(C)(C)CO1. The largest absolute Gasteiger partial charge is 0.465 e. The lowest BCUT2D eigenvalue weighted by atomic mass is 9.95. The van der Waals surface area contributed by atoms with Gasteiger partial charge in [-0.1, -0.05) is 32.0 Å². The Morgan fingerprint density at radius 3 is 2.50 bits per heavy atom. The number of hydrogen-bond acceptors (Lipinski definition) is 4. The second kappa shape index (κ2) is 5.08. The van der Waals surface area contributed by atoms with E-state index >= 15 is 0 Å². The van der Waals surface area contributed by atoms with Gasteiger partial charge in [0.1, 0.15) is 0 Å². The van der Waals surface area contributed by atoms with E-state index in [9.17, 15) is 4.79 Å². The fraction of sp³-hybridized carbons (Fsp3) is 0.500. The summed E-state index contributed by atoms with van der Waals surface area (Å²) < 4.78 is 16.1. The number of carbonyl (C=O) groups is 1. The van der Waals surface area contributed by atoms with Crippen LogP contribution in [0.3, 0.4) is 0 Å². The minimum atomic E-state index is -0.492. The molecule has 0 unspecified atom stereocenters. The van der Waals surface area contributed by atoms with E-state index in [1.807, 2.05) is 12.1 Å². The third-order valence-corrected chi connectivity index (χ3v) is 2.87. The molecule has 1 aromatic rings. The molecule has 18 heavy (non-hydrogen) atoms. The molecule has 4 heteroatoms. The van der Waals surface area contributed by atoms with Crippen LogP contribution in [0.15, 0.2) is 24.3 Å². The van der Waals surface area contributed by atoms with Crippen molar-refractivity contribution < 1.29 is 19.0 Å². The van der Waals surface area contributed by atoms with E-state index in [0.29, 0.717) is 18.8 Å². The molecule has 1 heterocycles. The molecule has 0 atom stereocenters. The highest BCUT2D eigenvalue weighted by molar-refractivity contribution is 5.91. The summed E-state index contributed by atoms with van der Waals surface area (Å²) in [6, 6.07) is 7.19. The van der Waals surface area contributed by atoms with Crippen LogP contribution in [0.5, 0.6) is 0 Å². The Morgan fingerprint density at radius 2 is 1.89 bits per heavy atom. The minimum absolute atomic E-state index is 0.0106. The van der Waals surface area contributed by atoms with Crippen molar-refractivity contribution in [2.75, 3.05) is 20.3 Å². The molecule has 0 aromatic heterocycles. The second-order valence-corrected chi connectivity index (χ2v) is 5.20. The average Bonchev–Trinajstić information content (AvgIpc) is 2.38. The molecule has 1 fully saturated rings. The Balaban J connectivity index is 2.21. The molecule has 1 saturated heterocycles. The first-order valence-electron chi connectivity index (χ1n) is 5.94. The summed E-state index contributed by atoms with van der Waals surface area (Å²) in [4.78, 5) is 11.7. The van der Waals surface area contributed by atoms with Gasteiger partial charge in [-0.15, -0.1) is 0 Å². The number of carbonyl (C=O) groups excluding carboxylic acids is 1. The topological polar surface area (TPSA) is 44.8 Å². The summed E-state index contributed by atoms with van der Waals surface area (Å²) in [6.45, 7) is 5.37. The molecule has 0 bridgehead atoms. The van der Waals surface area contributed by atoms with Gasteiger partial charge in [-0.25, -0.2) is 4.79 Å². The van der Waals surface area contributed by atoms with E-state index in [-0.39, 0.29) is 11.4 Å². The third-order valence-electron chi connectivity index (χ3n) is 2.87. The number of ether oxygens (including phenoxy) is 3. The van der Waals surface area contributed by atoms with Gasteiger partial charge in [0.2, 0.25) is 0 Å². The Labute approximate surface area is 107 Å². The molecule has 1 aliphatic heterocycles. The highest BCUT2D eigenvalue weighted by atomic mass is 16.7. The molecule has 0 amide bonds. The van der Waals surface area contributed by atoms with Gasteiger partial charge in [0.05, 0.1) is 25.9 Å². The van der Waals surface area contributed by atoms with Crippen LogP contribution in [0.25, 0.3) is 0 Å². The summed E-state index contributed by atoms with van der Waals surface area (Å²) in [5.41, 5.74) is 1.22. The van der Waals surface area contributed by atoms with Crippen molar-refractivity contribution in [2.24, 2.45) is 5.41 Å².